The van der Waals surface area contributed by atoms with Crippen LogP contribution in [0.3, 0.4) is 0 Å². The van der Waals surface area contributed by atoms with E-state index in [1.54, 1.807) is 6.07 Å². The number of hydrogen-bond donors (Lipinski definition) is 0. The largest absolute Gasteiger partial charge is 0.419 e. The summed E-state index contributed by atoms with van der Waals surface area (Å²) in [5.74, 6) is 0.723. The summed E-state index contributed by atoms with van der Waals surface area (Å²) in [6.07, 6.45) is 3.04. The van der Waals surface area contributed by atoms with Crippen molar-refractivity contribution in [3.8, 4) is 11.8 Å². The van der Waals surface area contributed by atoms with Crippen molar-refractivity contribution < 1.29 is 9.66 Å². The standard InChI is InChI=1S/C13H15N5O3/c1-2-16-8-11(9-16)17-6-5-13(15-17)21-12-4-3-10(7-14-12)18(19)20/h3-7,11H,2,8-9H2,1H3. The quantitative estimate of drug-likeness (QED) is 0.616. The van der Waals surface area contributed by atoms with Gasteiger partial charge < -0.3 is 4.74 Å². The summed E-state index contributed by atoms with van der Waals surface area (Å²) in [6.45, 7) is 5.17. The highest BCUT2D eigenvalue weighted by molar-refractivity contribution is 5.30. The fraction of sp³-hybridized carbons (Fsp3) is 0.385. The topological polar surface area (TPSA) is 86.3 Å². The highest BCUT2D eigenvalue weighted by Gasteiger charge is 2.27. The predicted molar refractivity (Wildman–Crippen MR) is 74.3 cm³/mol. The molecule has 0 bridgehead atoms. The van der Waals surface area contributed by atoms with Crippen LogP contribution in [0, 0.1) is 10.1 Å². The molecule has 3 heterocycles. The number of likely N-dealkylation sites (tertiary alicyclic amines) is 1. The summed E-state index contributed by atoms with van der Waals surface area (Å²) < 4.78 is 7.37. The minimum atomic E-state index is -0.498. The lowest BCUT2D eigenvalue weighted by Gasteiger charge is -2.38. The van der Waals surface area contributed by atoms with Crippen LogP contribution in [0.1, 0.15) is 13.0 Å². The molecule has 1 aliphatic rings. The summed E-state index contributed by atoms with van der Waals surface area (Å²) in [7, 11) is 0. The molecule has 0 saturated carbocycles. The third-order valence-corrected chi connectivity index (χ3v) is 3.48. The molecular formula is C13H15N5O3. The van der Waals surface area contributed by atoms with Gasteiger partial charge in [0.25, 0.3) is 5.69 Å². The van der Waals surface area contributed by atoms with E-state index in [1.807, 2.05) is 10.9 Å². The molecule has 0 aliphatic carbocycles. The van der Waals surface area contributed by atoms with Crippen molar-refractivity contribution in [2.45, 2.75) is 13.0 Å². The fourth-order valence-electron chi connectivity index (χ4n) is 2.19. The van der Waals surface area contributed by atoms with Gasteiger partial charge in [-0.05, 0) is 6.54 Å². The first kappa shape index (κ1) is 13.5. The fourth-order valence-corrected chi connectivity index (χ4v) is 2.19. The first-order valence-electron chi connectivity index (χ1n) is 6.71. The summed E-state index contributed by atoms with van der Waals surface area (Å²) in [4.78, 5) is 16.3. The van der Waals surface area contributed by atoms with Crippen molar-refractivity contribution in [1.29, 1.82) is 0 Å². The molecule has 110 valence electrons. The monoisotopic (exact) mass is 289 g/mol. The molecular weight excluding hydrogens is 274 g/mol. The number of nitro groups is 1. The molecule has 0 unspecified atom stereocenters. The SMILES string of the molecule is CCN1CC(n2ccc(Oc3ccc([N+](=O)[O-])cn3)n2)C1. The van der Waals surface area contributed by atoms with Crippen molar-refractivity contribution in [3.05, 3.63) is 40.7 Å². The van der Waals surface area contributed by atoms with Gasteiger partial charge >= 0.3 is 0 Å². The zero-order valence-electron chi connectivity index (χ0n) is 11.5. The lowest BCUT2D eigenvalue weighted by atomic mass is 10.1. The molecule has 0 radical (unpaired) electrons. The molecule has 8 heteroatoms. The van der Waals surface area contributed by atoms with Crippen LogP contribution in [0.2, 0.25) is 0 Å². The lowest BCUT2D eigenvalue weighted by Crippen LogP contribution is -2.47. The van der Waals surface area contributed by atoms with Gasteiger partial charge in [0.2, 0.25) is 11.8 Å². The minimum absolute atomic E-state index is 0.0676. The molecule has 1 fully saturated rings. The highest BCUT2D eigenvalue weighted by atomic mass is 16.6. The number of likely N-dealkylation sites (N-methyl/N-ethyl adjacent to an activating group) is 1. The Hall–Kier alpha value is -2.48. The number of rotatable bonds is 5. The second kappa shape index (κ2) is 5.49. The van der Waals surface area contributed by atoms with Crippen molar-refractivity contribution >= 4 is 5.69 Å². The molecule has 1 aliphatic heterocycles. The third kappa shape index (κ3) is 2.84. The molecule has 2 aromatic heterocycles. The van der Waals surface area contributed by atoms with Crippen LogP contribution in [-0.2, 0) is 0 Å². The average Bonchev–Trinajstić information content (AvgIpc) is 2.86. The summed E-state index contributed by atoms with van der Waals surface area (Å²) in [5, 5.41) is 14.9. The van der Waals surface area contributed by atoms with Gasteiger partial charge in [0, 0.05) is 37.5 Å². The Kier molecular flexibility index (Phi) is 3.53. The maximum Gasteiger partial charge on any atom is 0.287 e. The highest BCUT2D eigenvalue weighted by Crippen LogP contribution is 2.24. The van der Waals surface area contributed by atoms with Crippen LogP contribution in [0.5, 0.6) is 11.8 Å². The van der Waals surface area contributed by atoms with E-state index >= 15 is 0 Å². The van der Waals surface area contributed by atoms with Gasteiger partial charge in [-0.25, -0.2) is 4.98 Å². The normalized spacial score (nSPS) is 15.7. The van der Waals surface area contributed by atoms with Crippen LogP contribution < -0.4 is 4.74 Å². The first-order valence-corrected chi connectivity index (χ1v) is 6.71. The van der Waals surface area contributed by atoms with Gasteiger partial charge in [-0.15, -0.1) is 5.10 Å². The number of nitrogens with zero attached hydrogens (tertiary/aromatic N) is 5. The van der Waals surface area contributed by atoms with E-state index in [-0.39, 0.29) is 11.6 Å². The van der Waals surface area contributed by atoms with Crippen molar-refractivity contribution in [1.82, 2.24) is 19.7 Å². The van der Waals surface area contributed by atoms with E-state index in [4.69, 9.17) is 4.74 Å². The Morgan fingerprint density at radius 2 is 2.19 bits per heavy atom. The molecule has 8 nitrogen and oxygen atoms in total. The Morgan fingerprint density at radius 1 is 1.38 bits per heavy atom. The Balaban J connectivity index is 1.63. The predicted octanol–water partition coefficient (Wildman–Crippen LogP) is 1.86. The van der Waals surface area contributed by atoms with Gasteiger partial charge in [0.1, 0.15) is 6.20 Å². The minimum Gasteiger partial charge on any atom is -0.419 e. The van der Waals surface area contributed by atoms with Gasteiger partial charge in [0.05, 0.1) is 11.0 Å². The molecule has 1 saturated heterocycles. The zero-order valence-corrected chi connectivity index (χ0v) is 11.5. The second-order valence-corrected chi connectivity index (χ2v) is 4.85. The van der Waals surface area contributed by atoms with Crippen molar-refractivity contribution in [2.75, 3.05) is 19.6 Å². The van der Waals surface area contributed by atoms with E-state index in [0.29, 0.717) is 11.9 Å². The third-order valence-electron chi connectivity index (χ3n) is 3.48. The lowest BCUT2D eigenvalue weighted by molar-refractivity contribution is -0.385. The average molecular weight is 289 g/mol. The Labute approximate surface area is 121 Å². The number of ether oxygens (including phenoxy) is 1. The van der Waals surface area contributed by atoms with E-state index < -0.39 is 4.92 Å². The molecule has 0 atom stereocenters. The van der Waals surface area contributed by atoms with E-state index in [0.717, 1.165) is 25.8 Å². The molecule has 0 N–H and O–H groups in total. The van der Waals surface area contributed by atoms with E-state index in [9.17, 15) is 10.1 Å². The maximum atomic E-state index is 10.5. The molecule has 2 aromatic rings. The van der Waals surface area contributed by atoms with Crippen LogP contribution in [0.4, 0.5) is 5.69 Å². The van der Waals surface area contributed by atoms with E-state index in [1.165, 1.54) is 12.1 Å². The van der Waals surface area contributed by atoms with Gasteiger partial charge in [-0.2, -0.15) is 0 Å². The molecule has 3 rings (SSSR count). The van der Waals surface area contributed by atoms with Crippen molar-refractivity contribution in [3.63, 3.8) is 0 Å². The van der Waals surface area contributed by atoms with Crippen LogP contribution in [0.25, 0.3) is 0 Å². The van der Waals surface area contributed by atoms with Gasteiger partial charge in [0.15, 0.2) is 0 Å². The molecule has 0 aromatic carbocycles. The van der Waals surface area contributed by atoms with Gasteiger partial charge in [-0.1, -0.05) is 6.92 Å². The summed E-state index contributed by atoms with van der Waals surface area (Å²) >= 11 is 0. The molecule has 0 spiro atoms. The maximum absolute atomic E-state index is 10.5. The van der Waals surface area contributed by atoms with Crippen LogP contribution in [-0.4, -0.2) is 44.2 Å². The zero-order chi connectivity index (χ0) is 14.8. The number of pyridine rings is 1. The van der Waals surface area contributed by atoms with Crippen LogP contribution >= 0.6 is 0 Å². The molecule has 21 heavy (non-hydrogen) atoms. The van der Waals surface area contributed by atoms with E-state index in [2.05, 4.69) is 21.9 Å². The van der Waals surface area contributed by atoms with Gasteiger partial charge in [-0.3, -0.25) is 19.7 Å². The smallest absolute Gasteiger partial charge is 0.287 e. The Morgan fingerprint density at radius 3 is 2.81 bits per heavy atom. The van der Waals surface area contributed by atoms with Crippen LogP contribution in [0.15, 0.2) is 30.6 Å². The second-order valence-electron chi connectivity index (χ2n) is 4.85. The number of hydrogen-bond acceptors (Lipinski definition) is 6. The molecule has 0 amide bonds. The van der Waals surface area contributed by atoms with Crippen molar-refractivity contribution in [2.24, 2.45) is 0 Å². The Bertz CT molecular complexity index is 634. The summed E-state index contributed by atoms with van der Waals surface area (Å²) in [5.41, 5.74) is -0.0676. The number of aromatic nitrogens is 3. The first-order chi connectivity index (χ1) is 10.2. The summed E-state index contributed by atoms with van der Waals surface area (Å²) in [6, 6.07) is 4.95.